The number of hydrogen-bond acceptors (Lipinski definition) is 3. The normalized spacial score (nSPS) is 12.3. The van der Waals surface area contributed by atoms with E-state index in [1.165, 1.54) is 17.7 Å². The third-order valence-electron chi connectivity index (χ3n) is 3.19. The Kier molecular flexibility index (Phi) is 4.49. The van der Waals surface area contributed by atoms with Crippen molar-refractivity contribution in [3.63, 3.8) is 0 Å². The van der Waals surface area contributed by atoms with Gasteiger partial charge in [0, 0.05) is 11.7 Å². The van der Waals surface area contributed by atoms with Crippen LogP contribution in [0.5, 0.6) is 0 Å². The predicted octanol–water partition coefficient (Wildman–Crippen LogP) is 2.55. The van der Waals surface area contributed by atoms with Gasteiger partial charge in [0.2, 0.25) is 0 Å². The van der Waals surface area contributed by atoms with Crippen LogP contribution in [0.3, 0.4) is 0 Å². The molecule has 0 spiro atoms. The zero-order valence-corrected chi connectivity index (χ0v) is 10.6. The highest BCUT2D eigenvalue weighted by Crippen LogP contribution is 2.24. The summed E-state index contributed by atoms with van der Waals surface area (Å²) in [4.78, 5) is 0. The van der Waals surface area contributed by atoms with Crippen LogP contribution in [-0.2, 0) is 6.42 Å². The molecule has 0 heterocycles. The quantitative estimate of drug-likeness (QED) is 0.439. The van der Waals surface area contributed by atoms with E-state index in [2.05, 4.69) is 17.6 Å². The molecule has 0 aromatic heterocycles. The summed E-state index contributed by atoms with van der Waals surface area (Å²) in [5.41, 5.74) is 11.1. The standard InChI is InChI=1S/C15H18FN3/c16-12-7-8-14(17)13(10-12)15(19-18)9-6-11-4-2-1-3-5-11/h1-5,7-8,10,15,19H,6,9,17-18H2. The number of anilines is 1. The van der Waals surface area contributed by atoms with Crippen molar-refractivity contribution in [3.8, 4) is 0 Å². The molecule has 0 saturated carbocycles. The van der Waals surface area contributed by atoms with Crippen LogP contribution < -0.4 is 17.0 Å². The van der Waals surface area contributed by atoms with Crippen LogP contribution in [0, 0.1) is 5.82 Å². The Labute approximate surface area is 112 Å². The lowest BCUT2D eigenvalue weighted by Crippen LogP contribution is -2.29. The Hall–Kier alpha value is -1.91. The third kappa shape index (κ3) is 3.53. The van der Waals surface area contributed by atoms with Crippen LogP contribution in [0.15, 0.2) is 48.5 Å². The first kappa shape index (κ1) is 13.5. The Bertz CT molecular complexity index is 528. The van der Waals surface area contributed by atoms with Gasteiger partial charge in [-0.15, -0.1) is 0 Å². The van der Waals surface area contributed by atoms with Crippen LogP contribution in [0.1, 0.15) is 23.6 Å². The fraction of sp³-hybridized carbons (Fsp3) is 0.200. The largest absolute Gasteiger partial charge is 0.398 e. The zero-order valence-electron chi connectivity index (χ0n) is 10.6. The number of nitrogen functional groups attached to an aromatic ring is 1. The van der Waals surface area contributed by atoms with E-state index in [1.54, 1.807) is 6.07 Å². The number of nitrogens with two attached hydrogens (primary N) is 2. The van der Waals surface area contributed by atoms with Gasteiger partial charge in [-0.3, -0.25) is 11.3 Å². The maximum atomic E-state index is 13.3. The minimum atomic E-state index is -0.302. The number of nitrogens with one attached hydrogen (secondary N) is 1. The minimum Gasteiger partial charge on any atom is -0.398 e. The highest BCUT2D eigenvalue weighted by atomic mass is 19.1. The molecule has 0 fully saturated rings. The Morgan fingerprint density at radius 2 is 1.84 bits per heavy atom. The number of hydrazine groups is 1. The average Bonchev–Trinajstić information content (AvgIpc) is 2.44. The number of rotatable bonds is 5. The third-order valence-corrected chi connectivity index (χ3v) is 3.19. The summed E-state index contributed by atoms with van der Waals surface area (Å²) in [6.07, 6.45) is 1.61. The monoisotopic (exact) mass is 259 g/mol. The van der Waals surface area contributed by atoms with Crippen molar-refractivity contribution in [2.75, 3.05) is 5.73 Å². The molecule has 2 rings (SSSR count). The summed E-state index contributed by atoms with van der Waals surface area (Å²) in [5, 5.41) is 0. The van der Waals surface area contributed by atoms with Gasteiger partial charge < -0.3 is 5.73 Å². The van der Waals surface area contributed by atoms with Crippen molar-refractivity contribution >= 4 is 5.69 Å². The van der Waals surface area contributed by atoms with Crippen molar-refractivity contribution in [2.24, 2.45) is 5.84 Å². The summed E-state index contributed by atoms with van der Waals surface area (Å²) >= 11 is 0. The van der Waals surface area contributed by atoms with Crippen LogP contribution in [0.2, 0.25) is 0 Å². The summed E-state index contributed by atoms with van der Waals surface area (Å²) in [7, 11) is 0. The Morgan fingerprint density at radius 1 is 1.11 bits per heavy atom. The lowest BCUT2D eigenvalue weighted by molar-refractivity contribution is 0.513. The average molecular weight is 259 g/mol. The molecule has 0 bridgehead atoms. The molecular weight excluding hydrogens is 241 g/mol. The van der Waals surface area contributed by atoms with Crippen LogP contribution in [-0.4, -0.2) is 0 Å². The molecule has 0 aliphatic heterocycles. The van der Waals surface area contributed by atoms with E-state index in [-0.39, 0.29) is 11.9 Å². The highest BCUT2D eigenvalue weighted by Gasteiger charge is 2.13. The van der Waals surface area contributed by atoms with Gasteiger partial charge in [-0.2, -0.15) is 0 Å². The Morgan fingerprint density at radius 3 is 2.53 bits per heavy atom. The van der Waals surface area contributed by atoms with Crippen LogP contribution >= 0.6 is 0 Å². The molecule has 0 aliphatic rings. The number of benzene rings is 2. The van der Waals surface area contributed by atoms with Gasteiger partial charge in [0.1, 0.15) is 5.82 Å². The first-order valence-corrected chi connectivity index (χ1v) is 6.25. The van der Waals surface area contributed by atoms with Gasteiger partial charge in [-0.1, -0.05) is 30.3 Å². The lowest BCUT2D eigenvalue weighted by Gasteiger charge is -2.18. The molecule has 1 unspecified atom stereocenters. The van der Waals surface area contributed by atoms with Crippen LogP contribution in [0.25, 0.3) is 0 Å². The van der Waals surface area contributed by atoms with Crippen molar-refractivity contribution in [1.82, 2.24) is 5.43 Å². The van der Waals surface area contributed by atoms with Gasteiger partial charge >= 0.3 is 0 Å². The molecule has 4 heteroatoms. The van der Waals surface area contributed by atoms with Gasteiger partial charge in [0.15, 0.2) is 0 Å². The molecule has 2 aromatic rings. The maximum absolute atomic E-state index is 13.3. The topological polar surface area (TPSA) is 64.1 Å². The van der Waals surface area contributed by atoms with Gasteiger partial charge in [0.05, 0.1) is 0 Å². The Balaban J connectivity index is 2.10. The molecule has 2 aromatic carbocycles. The first-order chi connectivity index (χ1) is 9.20. The second-order valence-corrected chi connectivity index (χ2v) is 4.52. The van der Waals surface area contributed by atoms with Crippen molar-refractivity contribution in [2.45, 2.75) is 18.9 Å². The molecule has 100 valence electrons. The second-order valence-electron chi connectivity index (χ2n) is 4.52. The zero-order chi connectivity index (χ0) is 13.7. The molecule has 1 atom stereocenters. The predicted molar refractivity (Wildman–Crippen MR) is 75.6 cm³/mol. The van der Waals surface area contributed by atoms with E-state index in [0.29, 0.717) is 11.3 Å². The number of hydrogen-bond donors (Lipinski definition) is 3. The highest BCUT2D eigenvalue weighted by molar-refractivity contribution is 5.48. The second kappa shape index (κ2) is 6.31. The molecular formula is C15H18FN3. The van der Waals surface area contributed by atoms with Gasteiger partial charge in [-0.05, 0) is 42.2 Å². The van der Waals surface area contributed by atoms with Crippen LogP contribution in [0.4, 0.5) is 10.1 Å². The van der Waals surface area contributed by atoms with Crippen molar-refractivity contribution in [1.29, 1.82) is 0 Å². The molecule has 3 nitrogen and oxygen atoms in total. The summed E-state index contributed by atoms with van der Waals surface area (Å²) in [5.74, 6) is 5.26. The van der Waals surface area contributed by atoms with E-state index in [4.69, 9.17) is 11.6 Å². The fourth-order valence-corrected chi connectivity index (χ4v) is 2.13. The van der Waals surface area contributed by atoms with Crippen molar-refractivity contribution in [3.05, 3.63) is 65.5 Å². The fourth-order valence-electron chi connectivity index (χ4n) is 2.13. The number of halogens is 1. The summed E-state index contributed by atoms with van der Waals surface area (Å²) in [6.45, 7) is 0. The molecule has 0 saturated heterocycles. The molecule has 0 amide bonds. The SMILES string of the molecule is NNC(CCc1ccccc1)c1cc(F)ccc1N. The van der Waals surface area contributed by atoms with E-state index in [1.807, 2.05) is 18.2 Å². The van der Waals surface area contributed by atoms with Crippen molar-refractivity contribution < 1.29 is 4.39 Å². The summed E-state index contributed by atoms with van der Waals surface area (Å²) < 4.78 is 13.3. The first-order valence-electron chi connectivity index (χ1n) is 6.25. The number of aryl methyl sites for hydroxylation is 1. The van der Waals surface area contributed by atoms with E-state index in [9.17, 15) is 4.39 Å². The van der Waals surface area contributed by atoms with Gasteiger partial charge in [-0.25, -0.2) is 4.39 Å². The smallest absolute Gasteiger partial charge is 0.123 e. The van der Waals surface area contributed by atoms with E-state index in [0.717, 1.165) is 12.8 Å². The molecule has 19 heavy (non-hydrogen) atoms. The maximum Gasteiger partial charge on any atom is 0.123 e. The minimum absolute atomic E-state index is 0.157. The molecule has 0 radical (unpaired) electrons. The molecule has 5 N–H and O–H groups in total. The van der Waals surface area contributed by atoms with Gasteiger partial charge in [0.25, 0.3) is 0 Å². The van der Waals surface area contributed by atoms with E-state index >= 15 is 0 Å². The summed E-state index contributed by atoms with van der Waals surface area (Å²) in [6, 6.07) is 14.3. The lowest BCUT2D eigenvalue weighted by atomic mass is 9.98. The molecule has 0 aliphatic carbocycles. The van der Waals surface area contributed by atoms with E-state index < -0.39 is 0 Å².